The fourth-order valence-corrected chi connectivity index (χ4v) is 1.48. The van der Waals surface area contributed by atoms with E-state index in [-0.39, 0.29) is 5.75 Å². The molecule has 0 aliphatic heterocycles. The lowest BCUT2D eigenvalue weighted by molar-refractivity contribution is 0.414. The van der Waals surface area contributed by atoms with E-state index in [1.165, 1.54) is 0 Å². The van der Waals surface area contributed by atoms with Crippen LogP contribution in [0.2, 0.25) is 5.02 Å². The number of hydrogen-bond acceptors (Lipinski definition) is 2. The van der Waals surface area contributed by atoms with Gasteiger partial charge in [0.15, 0.2) is 0 Å². The predicted molar refractivity (Wildman–Crippen MR) is 59.7 cm³/mol. The van der Waals surface area contributed by atoms with Gasteiger partial charge in [0.05, 0.1) is 0 Å². The average molecular weight is 214 g/mol. The van der Waals surface area contributed by atoms with E-state index in [2.05, 4.69) is 0 Å². The Balaban J connectivity index is 3.31. The Morgan fingerprint density at radius 3 is 2.57 bits per heavy atom. The molecule has 1 unspecified atom stereocenters. The fourth-order valence-electron chi connectivity index (χ4n) is 1.33. The lowest BCUT2D eigenvalue weighted by Crippen LogP contribution is -2.32. The molecule has 0 amide bonds. The molecule has 0 aliphatic rings. The first-order chi connectivity index (χ1) is 6.40. The Bertz CT molecular complexity index is 347. The second-order valence-electron chi connectivity index (χ2n) is 3.84. The summed E-state index contributed by atoms with van der Waals surface area (Å²) in [6.45, 7) is 5.67. The van der Waals surface area contributed by atoms with E-state index in [9.17, 15) is 5.11 Å². The van der Waals surface area contributed by atoms with Crippen LogP contribution in [-0.4, -0.2) is 5.11 Å². The van der Waals surface area contributed by atoms with Gasteiger partial charge in [0.25, 0.3) is 0 Å². The summed E-state index contributed by atoms with van der Waals surface area (Å²) in [6.07, 6.45) is 0.766. The molecule has 0 aliphatic carbocycles. The van der Waals surface area contributed by atoms with Crippen LogP contribution in [0.15, 0.2) is 12.1 Å². The Morgan fingerprint density at radius 2 is 2.07 bits per heavy atom. The highest BCUT2D eigenvalue weighted by Gasteiger charge is 2.23. The second-order valence-corrected chi connectivity index (χ2v) is 4.25. The molecule has 1 atom stereocenters. The molecule has 1 aromatic rings. The van der Waals surface area contributed by atoms with Gasteiger partial charge in [-0.25, -0.2) is 0 Å². The topological polar surface area (TPSA) is 46.2 Å². The van der Waals surface area contributed by atoms with Crippen LogP contribution in [0.4, 0.5) is 0 Å². The third kappa shape index (κ3) is 1.86. The summed E-state index contributed by atoms with van der Waals surface area (Å²) in [7, 11) is 0. The van der Waals surface area contributed by atoms with Crippen molar-refractivity contribution >= 4 is 11.6 Å². The Labute approximate surface area is 89.7 Å². The molecule has 0 saturated heterocycles. The number of rotatable bonds is 2. The molecule has 0 spiro atoms. The van der Waals surface area contributed by atoms with Gasteiger partial charge in [-0.2, -0.15) is 0 Å². The SMILES string of the molecule is CCC(C)(N)c1ccc(Cl)c(C)c1O. The van der Waals surface area contributed by atoms with Crippen LogP contribution in [0.25, 0.3) is 0 Å². The number of nitrogens with two attached hydrogens (primary N) is 1. The highest BCUT2D eigenvalue weighted by atomic mass is 35.5. The third-order valence-corrected chi connectivity index (χ3v) is 3.12. The van der Waals surface area contributed by atoms with Crippen molar-refractivity contribution in [1.82, 2.24) is 0 Å². The van der Waals surface area contributed by atoms with Crippen LogP contribution in [-0.2, 0) is 5.54 Å². The van der Waals surface area contributed by atoms with Gasteiger partial charge in [0, 0.05) is 21.7 Å². The number of aromatic hydroxyl groups is 1. The molecule has 0 fully saturated rings. The van der Waals surface area contributed by atoms with Gasteiger partial charge in [0.1, 0.15) is 5.75 Å². The van der Waals surface area contributed by atoms with Crippen LogP contribution in [0.3, 0.4) is 0 Å². The van der Waals surface area contributed by atoms with Crippen molar-refractivity contribution in [3.63, 3.8) is 0 Å². The van der Waals surface area contributed by atoms with Gasteiger partial charge in [-0.3, -0.25) is 0 Å². The molecule has 1 rings (SSSR count). The zero-order chi connectivity index (χ0) is 10.9. The van der Waals surface area contributed by atoms with E-state index < -0.39 is 5.54 Å². The minimum Gasteiger partial charge on any atom is -0.507 e. The summed E-state index contributed by atoms with van der Waals surface area (Å²) in [5.41, 5.74) is 6.99. The summed E-state index contributed by atoms with van der Waals surface area (Å²) in [5, 5.41) is 10.4. The molecular weight excluding hydrogens is 198 g/mol. The molecule has 0 radical (unpaired) electrons. The lowest BCUT2D eigenvalue weighted by atomic mass is 9.88. The molecule has 0 heterocycles. The third-order valence-electron chi connectivity index (χ3n) is 2.71. The zero-order valence-corrected chi connectivity index (χ0v) is 9.52. The maximum atomic E-state index is 9.88. The standard InChI is InChI=1S/C11H16ClNO/c1-4-11(3,13)8-5-6-9(12)7(2)10(8)14/h5-6,14H,4,13H2,1-3H3. The van der Waals surface area contributed by atoms with E-state index in [1.807, 2.05) is 13.8 Å². The molecule has 1 aromatic carbocycles. The van der Waals surface area contributed by atoms with Gasteiger partial charge >= 0.3 is 0 Å². The Kier molecular flexibility index (Phi) is 3.07. The van der Waals surface area contributed by atoms with E-state index in [0.717, 1.165) is 12.0 Å². The van der Waals surface area contributed by atoms with Crippen LogP contribution >= 0.6 is 11.6 Å². The number of phenolic OH excluding ortho intramolecular Hbond substituents is 1. The highest BCUT2D eigenvalue weighted by Crippen LogP contribution is 2.35. The minimum absolute atomic E-state index is 0.212. The largest absolute Gasteiger partial charge is 0.507 e. The quantitative estimate of drug-likeness (QED) is 0.794. The van der Waals surface area contributed by atoms with Crippen molar-refractivity contribution in [1.29, 1.82) is 0 Å². The van der Waals surface area contributed by atoms with Gasteiger partial charge < -0.3 is 10.8 Å². The van der Waals surface area contributed by atoms with E-state index >= 15 is 0 Å². The summed E-state index contributed by atoms with van der Waals surface area (Å²) < 4.78 is 0. The summed E-state index contributed by atoms with van der Waals surface area (Å²) in [4.78, 5) is 0. The van der Waals surface area contributed by atoms with Crippen LogP contribution in [0.1, 0.15) is 31.4 Å². The first-order valence-corrected chi connectivity index (χ1v) is 5.05. The molecule has 2 nitrogen and oxygen atoms in total. The number of benzene rings is 1. The van der Waals surface area contributed by atoms with E-state index in [0.29, 0.717) is 10.6 Å². The number of halogens is 1. The monoisotopic (exact) mass is 213 g/mol. The van der Waals surface area contributed by atoms with E-state index in [4.69, 9.17) is 17.3 Å². The molecule has 3 heteroatoms. The lowest BCUT2D eigenvalue weighted by Gasteiger charge is -2.25. The minimum atomic E-state index is -0.501. The Hall–Kier alpha value is -0.730. The first kappa shape index (κ1) is 11.3. The second kappa shape index (κ2) is 3.79. The fraction of sp³-hybridized carbons (Fsp3) is 0.455. The molecule has 0 aromatic heterocycles. The van der Waals surface area contributed by atoms with Crippen molar-refractivity contribution in [2.24, 2.45) is 5.73 Å². The molecule has 0 saturated carbocycles. The van der Waals surface area contributed by atoms with Crippen LogP contribution in [0, 0.1) is 6.92 Å². The van der Waals surface area contributed by atoms with Crippen molar-refractivity contribution < 1.29 is 5.11 Å². The first-order valence-electron chi connectivity index (χ1n) is 4.67. The molecule has 0 bridgehead atoms. The van der Waals surface area contributed by atoms with Crippen LogP contribution in [0.5, 0.6) is 5.75 Å². The molecule has 14 heavy (non-hydrogen) atoms. The maximum Gasteiger partial charge on any atom is 0.125 e. The Morgan fingerprint density at radius 1 is 1.50 bits per heavy atom. The molecular formula is C11H16ClNO. The molecule has 78 valence electrons. The van der Waals surface area contributed by atoms with Gasteiger partial charge in [0.2, 0.25) is 0 Å². The van der Waals surface area contributed by atoms with Crippen molar-refractivity contribution in [3.05, 3.63) is 28.3 Å². The number of hydrogen-bond donors (Lipinski definition) is 2. The average Bonchev–Trinajstić information content (AvgIpc) is 2.14. The molecule has 3 N–H and O–H groups in total. The normalized spacial score (nSPS) is 15.2. The van der Waals surface area contributed by atoms with Crippen molar-refractivity contribution in [2.45, 2.75) is 32.7 Å². The number of phenols is 1. The van der Waals surface area contributed by atoms with Crippen molar-refractivity contribution in [3.8, 4) is 5.75 Å². The highest BCUT2D eigenvalue weighted by molar-refractivity contribution is 6.31. The smallest absolute Gasteiger partial charge is 0.125 e. The maximum absolute atomic E-state index is 9.88. The van der Waals surface area contributed by atoms with Gasteiger partial charge in [-0.05, 0) is 26.3 Å². The summed E-state index contributed by atoms with van der Waals surface area (Å²) >= 11 is 5.88. The zero-order valence-electron chi connectivity index (χ0n) is 8.76. The van der Waals surface area contributed by atoms with Gasteiger partial charge in [-0.15, -0.1) is 0 Å². The van der Waals surface area contributed by atoms with Gasteiger partial charge in [-0.1, -0.05) is 24.6 Å². The van der Waals surface area contributed by atoms with E-state index in [1.54, 1.807) is 19.1 Å². The van der Waals surface area contributed by atoms with Crippen LogP contribution < -0.4 is 5.73 Å². The van der Waals surface area contributed by atoms with Crippen molar-refractivity contribution in [2.75, 3.05) is 0 Å². The summed E-state index contributed by atoms with van der Waals surface area (Å²) in [6, 6.07) is 3.56. The predicted octanol–water partition coefficient (Wildman–Crippen LogP) is 2.94. The summed E-state index contributed by atoms with van der Waals surface area (Å²) in [5.74, 6) is 0.212.